The zero-order valence-electron chi connectivity index (χ0n) is 8.14. The Bertz CT molecular complexity index is 273. The third kappa shape index (κ3) is 1.33. The second-order valence-electron chi connectivity index (χ2n) is 4.01. The molecule has 1 N–H and O–H groups in total. The van der Waals surface area contributed by atoms with Crippen molar-refractivity contribution in [2.24, 2.45) is 5.92 Å². The highest BCUT2D eigenvalue weighted by Crippen LogP contribution is 2.24. The molecule has 2 aliphatic rings. The summed E-state index contributed by atoms with van der Waals surface area (Å²) < 4.78 is 0. The lowest BCUT2D eigenvalue weighted by Gasteiger charge is -2.41. The molecule has 0 radical (unpaired) electrons. The summed E-state index contributed by atoms with van der Waals surface area (Å²) >= 11 is 0. The molecule has 0 bridgehead atoms. The zero-order chi connectivity index (χ0) is 10.3. The third-order valence-electron chi connectivity index (χ3n) is 3.04. The van der Waals surface area contributed by atoms with Crippen LogP contribution in [0, 0.1) is 5.92 Å². The number of likely N-dealkylation sites (N-methyl/N-ethyl adjacent to an activating group) is 1. The van der Waals surface area contributed by atoms with Gasteiger partial charge in [0.25, 0.3) is 0 Å². The summed E-state index contributed by atoms with van der Waals surface area (Å²) in [7, 11) is 1.52. The summed E-state index contributed by atoms with van der Waals surface area (Å²) in [5.41, 5.74) is 0. The third-order valence-corrected chi connectivity index (χ3v) is 3.04. The Labute approximate surface area is 82.3 Å². The summed E-state index contributed by atoms with van der Waals surface area (Å²) in [4.78, 5) is 25.9. The van der Waals surface area contributed by atoms with Gasteiger partial charge in [0.05, 0.1) is 12.5 Å². The Morgan fingerprint density at radius 2 is 2.07 bits per heavy atom. The van der Waals surface area contributed by atoms with E-state index < -0.39 is 0 Å². The number of carbonyl (C=O) groups is 2. The van der Waals surface area contributed by atoms with Gasteiger partial charge in [-0.2, -0.15) is 0 Å². The van der Waals surface area contributed by atoms with Crippen molar-refractivity contribution in [3.8, 4) is 0 Å². The minimum Gasteiger partial charge on any atom is -0.396 e. The zero-order valence-corrected chi connectivity index (χ0v) is 8.14. The minimum atomic E-state index is -0.268. The van der Waals surface area contributed by atoms with Crippen molar-refractivity contribution in [3.05, 3.63) is 0 Å². The molecule has 1 atom stereocenters. The summed E-state index contributed by atoms with van der Waals surface area (Å²) in [5, 5.41) is 8.83. The number of aliphatic hydroxyl groups excluding tert-OH is 1. The maximum atomic E-state index is 11.5. The highest BCUT2D eigenvalue weighted by atomic mass is 16.3. The molecule has 5 heteroatoms. The number of rotatable bonds is 2. The number of likely N-dealkylation sites (tertiary alicyclic amines) is 2. The van der Waals surface area contributed by atoms with E-state index in [1.807, 2.05) is 4.90 Å². The van der Waals surface area contributed by atoms with E-state index in [2.05, 4.69) is 0 Å². The van der Waals surface area contributed by atoms with Gasteiger partial charge in [-0.05, 0) is 0 Å². The molecule has 2 amide bonds. The maximum Gasteiger partial charge on any atom is 0.246 e. The van der Waals surface area contributed by atoms with E-state index >= 15 is 0 Å². The lowest BCUT2D eigenvalue weighted by Crippen LogP contribution is -2.55. The van der Waals surface area contributed by atoms with Gasteiger partial charge in [0.15, 0.2) is 0 Å². The van der Waals surface area contributed by atoms with E-state index in [-0.39, 0.29) is 30.4 Å². The molecule has 14 heavy (non-hydrogen) atoms. The number of hydrogen-bond donors (Lipinski definition) is 1. The normalized spacial score (nSPS) is 29.9. The molecular weight excluding hydrogens is 184 g/mol. The summed E-state index contributed by atoms with van der Waals surface area (Å²) in [6, 6.07) is -0.268. The molecule has 78 valence electrons. The molecule has 2 rings (SSSR count). The lowest BCUT2D eigenvalue weighted by molar-refractivity contribution is -0.139. The smallest absolute Gasteiger partial charge is 0.246 e. The summed E-state index contributed by atoms with van der Waals surface area (Å²) in [6.07, 6.45) is 0.299. The van der Waals surface area contributed by atoms with E-state index in [1.165, 1.54) is 11.9 Å². The van der Waals surface area contributed by atoms with Crippen molar-refractivity contribution in [1.82, 2.24) is 9.80 Å². The topological polar surface area (TPSA) is 60.9 Å². The van der Waals surface area contributed by atoms with Gasteiger partial charge in [-0.25, -0.2) is 0 Å². The monoisotopic (exact) mass is 198 g/mol. The SMILES string of the molecule is CN1C(=O)CC(N2CC(CO)C2)C1=O. The molecule has 1 unspecified atom stereocenters. The Kier molecular flexibility index (Phi) is 2.28. The molecule has 2 aliphatic heterocycles. The van der Waals surface area contributed by atoms with Crippen LogP contribution in [0.3, 0.4) is 0 Å². The van der Waals surface area contributed by atoms with E-state index in [1.54, 1.807) is 0 Å². The lowest BCUT2D eigenvalue weighted by atomic mass is 9.98. The average Bonchev–Trinajstić information content (AvgIpc) is 2.32. The highest BCUT2D eigenvalue weighted by Gasteiger charge is 2.43. The van der Waals surface area contributed by atoms with Crippen molar-refractivity contribution >= 4 is 11.8 Å². The van der Waals surface area contributed by atoms with E-state index in [0.717, 1.165) is 13.1 Å². The first-order valence-corrected chi connectivity index (χ1v) is 4.78. The maximum absolute atomic E-state index is 11.5. The predicted molar refractivity (Wildman–Crippen MR) is 48.3 cm³/mol. The highest BCUT2D eigenvalue weighted by molar-refractivity contribution is 6.05. The number of carbonyl (C=O) groups excluding carboxylic acids is 2. The first-order valence-electron chi connectivity index (χ1n) is 4.78. The van der Waals surface area contributed by atoms with Crippen molar-refractivity contribution < 1.29 is 14.7 Å². The molecule has 2 heterocycles. The largest absolute Gasteiger partial charge is 0.396 e. The molecule has 0 aromatic rings. The van der Waals surface area contributed by atoms with E-state index in [4.69, 9.17) is 5.11 Å². The first-order chi connectivity index (χ1) is 6.63. The number of nitrogens with zero attached hydrogens (tertiary/aromatic N) is 2. The van der Waals surface area contributed by atoms with Crippen LogP contribution in [0.2, 0.25) is 0 Å². The Morgan fingerprint density at radius 3 is 2.50 bits per heavy atom. The second kappa shape index (κ2) is 3.33. The average molecular weight is 198 g/mol. The predicted octanol–water partition coefficient (Wildman–Crippen LogP) is -1.33. The van der Waals surface area contributed by atoms with Gasteiger partial charge >= 0.3 is 0 Å². The number of aliphatic hydroxyl groups is 1. The fourth-order valence-electron chi connectivity index (χ4n) is 2.00. The van der Waals surface area contributed by atoms with Crippen LogP contribution in [0.1, 0.15) is 6.42 Å². The van der Waals surface area contributed by atoms with E-state index in [9.17, 15) is 9.59 Å². The quantitative estimate of drug-likeness (QED) is 0.558. The van der Waals surface area contributed by atoms with Crippen LogP contribution in [-0.4, -0.2) is 59.5 Å². The minimum absolute atomic E-state index is 0.104. The van der Waals surface area contributed by atoms with Crippen LogP contribution < -0.4 is 0 Å². The van der Waals surface area contributed by atoms with Gasteiger partial charge in [-0.1, -0.05) is 0 Å². The molecule has 2 fully saturated rings. The summed E-state index contributed by atoms with van der Waals surface area (Å²) in [6.45, 7) is 1.63. The molecule has 0 spiro atoms. The van der Waals surface area contributed by atoms with Gasteiger partial charge in [0.1, 0.15) is 0 Å². The molecule has 0 saturated carbocycles. The fourth-order valence-corrected chi connectivity index (χ4v) is 2.00. The number of amides is 2. The van der Waals surface area contributed by atoms with Crippen LogP contribution in [0.4, 0.5) is 0 Å². The van der Waals surface area contributed by atoms with E-state index in [0.29, 0.717) is 6.42 Å². The van der Waals surface area contributed by atoms with Crippen LogP contribution in [0.15, 0.2) is 0 Å². The summed E-state index contributed by atoms with van der Waals surface area (Å²) in [5.74, 6) is 0.0719. The number of hydrogen-bond acceptors (Lipinski definition) is 4. The molecule has 0 aliphatic carbocycles. The molecule has 5 nitrogen and oxygen atoms in total. The first kappa shape index (κ1) is 9.61. The van der Waals surface area contributed by atoms with Gasteiger partial charge in [0.2, 0.25) is 11.8 Å². The molecule has 2 saturated heterocycles. The molecule has 0 aromatic carbocycles. The Hall–Kier alpha value is -0.940. The molecule has 0 aromatic heterocycles. The molecular formula is C9H14N2O3. The van der Waals surface area contributed by atoms with Crippen molar-refractivity contribution in [1.29, 1.82) is 0 Å². The standard InChI is InChI=1S/C9H14N2O3/c1-10-8(13)2-7(9(10)14)11-3-6(4-11)5-12/h6-7,12H,2-5H2,1H3. The van der Waals surface area contributed by atoms with Gasteiger partial charge in [-0.3, -0.25) is 19.4 Å². The van der Waals surface area contributed by atoms with Crippen LogP contribution in [-0.2, 0) is 9.59 Å². The van der Waals surface area contributed by atoms with Crippen LogP contribution in [0.25, 0.3) is 0 Å². The van der Waals surface area contributed by atoms with Gasteiger partial charge in [0, 0.05) is 32.7 Å². The Balaban J connectivity index is 1.95. The van der Waals surface area contributed by atoms with Gasteiger partial charge in [-0.15, -0.1) is 0 Å². The van der Waals surface area contributed by atoms with Crippen LogP contribution in [0.5, 0.6) is 0 Å². The van der Waals surface area contributed by atoms with Crippen molar-refractivity contribution in [2.75, 3.05) is 26.7 Å². The number of imide groups is 1. The Morgan fingerprint density at radius 1 is 1.43 bits per heavy atom. The second-order valence-corrected chi connectivity index (χ2v) is 4.01. The fraction of sp³-hybridized carbons (Fsp3) is 0.778. The van der Waals surface area contributed by atoms with Crippen LogP contribution >= 0.6 is 0 Å². The van der Waals surface area contributed by atoms with Crippen molar-refractivity contribution in [2.45, 2.75) is 12.5 Å². The van der Waals surface area contributed by atoms with Gasteiger partial charge < -0.3 is 5.11 Å². The van der Waals surface area contributed by atoms with Crippen molar-refractivity contribution in [3.63, 3.8) is 0 Å².